The van der Waals surface area contributed by atoms with Gasteiger partial charge < -0.3 is 23.5 Å². The van der Waals surface area contributed by atoms with E-state index in [0.717, 1.165) is 12.3 Å². The lowest BCUT2D eigenvalue weighted by Gasteiger charge is -2.29. The molecule has 4 aromatic carbocycles. The topological polar surface area (TPSA) is 60.0 Å². The zero-order valence-corrected chi connectivity index (χ0v) is 28.8. The Balaban J connectivity index is 1.52. The maximum absolute atomic E-state index is 13.8. The molecule has 6 nitrogen and oxygen atoms in total. The van der Waals surface area contributed by atoms with Crippen molar-refractivity contribution >= 4 is 51.9 Å². The van der Waals surface area contributed by atoms with Crippen molar-refractivity contribution < 1.29 is 18.1 Å². The van der Waals surface area contributed by atoms with Crippen LogP contribution in [0, 0.1) is 0 Å². The van der Waals surface area contributed by atoms with E-state index in [1.165, 1.54) is 21.2 Å². The maximum atomic E-state index is 13.8. The monoisotopic (exact) mass is 646 g/mol. The number of hydrogen-bond donors (Lipinski definition) is 1. The molecule has 0 saturated carbocycles. The van der Waals surface area contributed by atoms with Crippen LogP contribution in [-0.4, -0.2) is 73.0 Å². The van der Waals surface area contributed by atoms with Crippen molar-refractivity contribution in [3.8, 4) is 0 Å². The van der Waals surface area contributed by atoms with Crippen LogP contribution in [0.4, 0.5) is 4.79 Å². The van der Waals surface area contributed by atoms with Gasteiger partial charge in [-0.25, -0.2) is 4.79 Å². The minimum Gasteiger partial charge on any atom is -0.377 e. The molecule has 0 aliphatic heterocycles. The lowest BCUT2D eigenvalue weighted by Crippen LogP contribution is -2.45. The quantitative estimate of drug-likeness (QED) is 0.0932. The normalized spacial score (nSPS) is 11.6. The molecule has 9 heteroatoms. The van der Waals surface area contributed by atoms with Gasteiger partial charge in [0.2, 0.25) is 0 Å². The second-order valence-electron chi connectivity index (χ2n) is 10.3. The average molecular weight is 647 g/mol. The maximum Gasteiger partial charge on any atom is 0.500 e. The van der Waals surface area contributed by atoms with Gasteiger partial charge in [-0.15, -0.1) is 0 Å². The molecule has 0 unspecified atom stereocenters. The summed E-state index contributed by atoms with van der Waals surface area (Å²) in [4.78, 5) is 15.8. The Kier molecular flexibility index (Phi) is 14.0. The van der Waals surface area contributed by atoms with Crippen molar-refractivity contribution in [1.82, 2.24) is 10.2 Å². The zero-order chi connectivity index (χ0) is 31.0. The molecule has 4 aromatic rings. The van der Waals surface area contributed by atoms with Gasteiger partial charge in [0.15, 0.2) is 0 Å². The van der Waals surface area contributed by atoms with Gasteiger partial charge in [0.05, 0.1) is 0 Å². The molecule has 0 aromatic heterocycles. The molecule has 0 bridgehead atoms. The first-order valence-electron chi connectivity index (χ1n) is 15.0. The molecule has 2 amide bonds. The molecular formula is C35H44N2O4P2Si. The number of nitrogens with one attached hydrogen (secondary N) is 1. The van der Waals surface area contributed by atoms with Gasteiger partial charge in [0, 0.05) is 47.0 Å². The minimum absolute atomic E-state index is 0.0309. The molecule has 4 rings (SSSR count). The van der Waals surface area contributed by atoms with Crippen molar-refractivity contribution in [3.05, 3.63) is 121 Å². The molecule has 0 heterocycles. The predicted octanol–water partition coefficient (Wildman–Crippen LogP) is 5.53. The Hall–Kier alpha value is -2.89. The third kappa shape index (κ3) is 9.80. The zero-order valence-electron chi connectivity index (χ0n) is 26.0. The summed E-state index contributed by atoms with van der Waals surface area (Å²) in [5, 5.41) is 8.49. The largest absolute Gasteiger partial charge is 0.500 e. The SMILES string of the molecule is CO[Si](CCCNC(=O)N(CCP(c1ccccc1)c1ccccc1)CCP(c1ccccc1)c1ccccc1)(OC)OC. The van der Waals surface area contributed by atoms with Crippen LogP contribution >= 0.6 is 15.8 Å². The molecular weight excluding hydrogens is 602 g/mol. The highest BCUT2D eigenvalue weighted by atomic mass is 31.1. The number of nitrogens with zero attached hydrogens (tertiary/aromatic N) is 1. The number of rotatable bonds is 17. The number of carbonyl (C=O) groups is 1. The molecule has 0 aliphatic carbocycles. The predicted molar refractivity (Wildman–Crippen MR) is 189 cm³/mol. The Morgan fingerprint density at radius 2 is 0.955 bits per heavy atom. The standard InChI is InChI=1S/C35H44N2O4P2Si/c1-39-44(40-2,41-3)30-16-25-36-35(38)37(26-28-42(31-17-8-4-9-18-31)32-19-10-5-11-20-32)27-29-43(33-21-12-6-13-22-33)34-23-14-7-15-24-34/h4-15,17-24H,16,25-30H2,1-3H3,(H,36,38). The van der Waals surface area contributed by atoms with Crippen LogP contribution < -0.4 is 26.5 Å². The smallest absolute Gasteiger partial charge is 0.377 e. The Morgan fingerprint density at radius 1 is 0.614 bits per heavy atom. The van der Waals surface area contributed by atoms with E-state index < -0.39 is 24.6 Å². The summed E-state index contributed by atoms with van der Waals surface area (Å²) in [6.07, 6.45) is 2.49. The highest BCUT2D eigenvalue weighted by molar-refractivity contribution is 7.73. The van der Waals surface area contributed by atoms with Gasteiger partial charge in [0.25, 0.3) is 0 Å². The highest BCUT2D eigenvalue weighted by Gasteiger charge is 2.37. The van der Waals surface area contributed by atoms with E-state index in [9.17, 15) is 4.79 Å². The van der Waals surface area contributed by atoms with Crippen molar-refractivity contribution in [2.75, 3.05) is 53.3 Å². The first kappa shape index (κ1) is 34.0. The Morgan fingerprint density at radius 3 is 1.27 bits per heavy atom. The van der Waals surface area contributed by atoms with Crippen molar-refractivity contribution in [1.29, 1.82) is 0 Å². The van der Waals surface area contributed by atoms with Gasteiger partial charge in [0.1, 0.15) is 0 Å². The van der Waals surface area contributed by atoms with Gasteiger partial charge in [-0.2, -0.15) is 0 Å². The number of benzene rings is 4. The van der Waals surface area contributed by atoms with Crippen LogP contribution in [0.2, 0.25) is 6.04 Å². The number of amides is 2. The molecule has 0 saturated heterocycles. The van der Waals surface area contributed by atoms with E-state index in [-0.39, 0.29) is 6.03 Å². The number of carbonyl (C=O) groups excluding carboxylic acids is 1. The summed E-state index contributed by atoms with van der Waals surface area (Å²) in [5.74, 6) is 0. The molecule has 0 radical (unpaired) electrons. The summed E-state index contributed by atoms with van der Waals surface area (Å²) < 4.78 is 16.7. The van der Waals surface area contributed by atoms with Crippen LogP contribution in [0.5, 0.6) is 0 Å². The summed E-state index contributed by atoms with van der Waals surface area (Å²) in [5.41, 5.74) is 0. The van der Waals surface area contributed by atoms with Crippen LogP contribution in [0.1, 0.15) is 6.42 Å². The number of hydrogen-bond acceptors (Lipinski definition) is 4. The lowest BCUT2D eigenvalue weighted by atomic mass is 10.4. The fraction of sp³-hybridized carbons (Fsp3) is 0.286. The van der Waals surface area contributed by atoms with E-state index >= 15 is 0 Å². The van der Waals surface area contributed by atoms with Crippen LogP contribution in [0.3, 0.4) is 0 Å². The van der Waals surface area contributed by atoms with Crippen LogP contribution in [0.25, 0.3) is 0 Å². The molecule has 0 aliphatic rings. The minimum atomic E-state index is -2.69. The van der Waals surface area contributed by atoms with Crippen molar-refractivity contribution in [2.24, 2.45) is 0 Å². The van der Waals surface area contributed by atoms with Gasteiger partial charge >= 0.3 is 14.8 Å². The van der Waals surface area contributed by atoms with E-state index in [1.807, 2.05) is 4.90 Å². The summed E-state index contributed by atoms with van der Waals surface area (Å²) in [7, 11) is 0.932. The Labute approximate surface area is 266 Å². The summed E-state index contributed by atoms with van der Waals surface area (Å²) >= 11 is 0. The molecule has 44 heavy (non-hydrogen) atoms. The number of urea groups is 1. The van der Waals surface area contributed by atoms with Gasteiger partial charge in [-0.05, 0) is 55.8 Å². The fourth-order valence-corrected chi connectivity index (χ4v) is 11.5. The molecule has 0 atom stereocenters. The first-order valence-corrected chi connectivity index (χ1v) is 20.0. The van der Waals surface area contributed by atoms with Gasteiger partial charge in [-0.1, -0.05) is 121 Å². The lowest BCUT2D eigenvalue weighted by molar-refractivity contribution is 0.123. The van der Waals surface area contributed by atoms with E-state index in [0.29, 0.717) is 32.1 Å². The van der Waals surface area contributed by atoms with Crippen molar-refractivity contribution in [3.63, 3.8) is 0 Å². The van der Waals surface area contributed by atoms with Gasteiger partial charge in [-0.3, -0.25) is 0 Å². The second kappa shape index (κ2) is 18.2. The van der Waals surface area contributed by atoms with E-state index in [1.54, 1.807) is 21.3 Å². The Bertz CT molecular complexity index is 1190. The van der Waals surface area contributed by atoms with E-state index in [4.69, 9.17) is 13.3 Å². The molecule has 0 spiro atoms. The van der Waals surface area contributed by atoms with Crippen LogP contribution in [0.15, 0.2) is 121 Å². The molecule has 1 N–H and O–H groups in total. The highest BCUT2D eigenvalue weighted by Crippen LogP contribution is 2.35. The van der Waals surface area contributed by atoms with Crippen molar-refractivity contribution in [2.45, 2.75) is 12.5 Å². The summed E-state index contributed by atoms with van der Waals surface area (Å²) in [6.45, 7) is 1.86. The summed E-state index contributed by atoms with van der Waals surface area (Å²) in [6, 6.07) is 43.4. The fourth-order valence-electron chi connectivity index (χ4n) is 5.17. The molecule has 232 valence electrons. The third-order valence-corrected chi connectivity index (χ3v) is 15.4. The first-order chi connectivity index (χ1) is 21.6. The molecule has 0 fully saturated rings. The van der Waals surface area contributed by atoms with E-state index in [2.05, 4.69) is 127 Å². The third-order valence-electron chi connectivity index (χ3n) is 7.61. The van der Waals surface area contributed by atoms with Crippen LogP contribution in [-0.2, 0) is 13.3 Å². The average Bonchev–Trinajstić information content (AvgIpc) is 3.10. The second-order valence-corrected chi connectivity index (χ2v) is 18.0.